The van der Waals surface area contributed by atoms with Crippen molar-refractivity contribution in [3.05, 3.63) is 30.4 Å². The van der Waals surface area contributed by atoms with Crippen LogP contribution in [-0.2, 0) is 11.2 Å². The van der Waals surface area contributed by atoms with E-state index in [1.54, 1.807) is 12.4 Å². The fraction of sp³-hybridized carbons (Fsp3) is 0.600. The van der Waals surface area contributed by atoms with E-state index in [4.69, 9.17) is 4.52 Å². The monoisotopic (exact) mass is 354 g/mol. The van der Waals surface area contributed by atoms with Gasteiger partial charge in [0.25, 0.3) is 5.89 Å². The number of hydrogen-bond acceptors (Lipinski definition) is 5. The molecule has 0 aromatic carbocycles. The van der Waals surface area contributed by atoms with Crippen molar-refractivity contribution in [2.45, 2.75) is 51.4 Å². The van der Waals surface area contributed by atoms with E-state index in [0.717, 1.165) is 43.7 Å². The molecule has 1 amide bonds. The molecule has 1 saturated carbocycles. The largest absolute Gasteiger partial charge is 0.342 e. The number of carbonyl (C=O) groups is 1. The Balaban J connectivity index is 1.29. The van der Waals surface area contributed by atoms with Crippen LogP contribution in [-0.4, -0.2) is 39.0 Å². The number of nitrogens with zero attached hydrogens (tertiary/aromatic N) is 4. The maximum Gasteiger partial charge on any atom is 0.258 e. The van der Waals surface area contributed by atoms with Gasteiger partial charge in [-0.2, -0.15) is 4.98 Å². The van der Waals surface area contributed by atoms with Gasteiger partial charge in [0.2, 0.25) is 5.91 Å². The number of pyridine rings is 1. The summed E-state index contributed by atoms with van der Waals surface area (Å²) in [5.41, 5.74) is 0.884. The Morgan fingerprint density at radius 2 is 1.92 bits per heavy atom. The predicted octanol–water partition coefficient (Wildman–Crippen LogP) is 3.49. The first-order chi connectivity index (χ1) is 12.8. The van der Waals surface area contributed by atoms with Crippen molar-refractivity contribution in [2.24, 2.45) is 11.8 Å². The van der Waals surface area contributed by atoms with E-state index in [2.05, 4.69) is 15.1 Å². The molecule has 2 aromatic heterocycles. The SMILES string of the molecule is O=C(CC1CCCCC1)N1CCC(Cc2noc(-c3ccncc3)n2)C1. The molecule has 1 aliphatic carbocycles. The van der Waals surface area contributed by atoms with E-state index in [1.807, 2.05) is 17.0 Å². The Labute approximate surface area is 154 Å². The Hall–Kier alpha value is -2.24. The molecule has 0 spiro atoms. The lowest BCUT2D eigenvalue weighted by Gasteiger charge is -2.24. The molecule has 26 heavy (non-hydrogen) atoms. The lowest BCUT2D eigenvalue weighted by Crippen LogP contribution is -2.31. The van der Waals surface area contributed by atoms with Crippen molar-refractivity contribution in [1.82, 2.24) is 20.0 Å². The van der Waals surface area contributed by atoms with Crippen molar-refractivity contribution in [1.29, 1.82) is 0 Å². The zero-order valence-electron chi connectivity index (χ0n) is 15.1. The quantitative estimate of drug-likeness (QED) is 0.822. The molecule has 1 aliphatic heterocycles. The van der Waals surface area contributed by atoms with E-state index in [-0.39, 0.29) is 0 Å². The number of amides is 1. The Kier molecular flexibility index (Phi) is 5.27. The van der Waals surface area contributed by atoms with Crippen LogP contribution in [0.15, 0.2) is 29.0 Å². The summed E-state index contributed by atoms with van der Waals surface area (Å²) in [6.45, 7) is 1.69. The summed E-state index contributed by atoms with van der Waals surface area (Å²) in [6.07, 6.45) is 12.3. The fourth-order valence-electron chi connectivity index (χ4n) is 4.20. The highest BCUT2D eigenvalue weighted by atomic mass is 16.5. The van der Waals surface area contributed by atoms with Crippen LogP contribution in [0.5, 0.6) is 0 Å². The highest BCUT2D eigenvalue weighted by Gasteiger charge is 2.29. The normalized spacial score (nSPS) is 21.2. The van der Waals surface area contributed by atoms with Gasteiger partial charge in [0.1, 0.15) is 0 Å². The topological polar surface area (TPSA) is 72.1 Å². The standard InChI is InChI=1S/C20H26N4O2/c25-19(13-15-4-2-1-3-5-15)24-11-8-16(14-24)12-18-22-20(26-23-18)17-6-9-21-10-7-17/h6-7,9-10,15-16H,1-5,8,11-14H2. The van der Waals surface area contributed by atoms with Gasteiger partial charge in [-0.15, -0.1) is 0 Å². The van der Waals surface area contributed by atoms with Crippen molar-refractivity contribution in [3.8, 4) is 11.5 Å². The molecule has 3 heterocycles. The molecule has 4 rings (SSSR count). The summed E-state index contributed by atoms with van der Waals surface area (Å²) in [5.74, 6) is 2.63. The molecule has 6 heteroatoms. The molecule has 1 unspecified atom stereocenters. The van der Waals surface area contributed by atoms with Gasteiger partial charge >= 0.3 is 0 Å². The van der Waals surface area contributed by atoms with Crippen molar-refractivity contribution < 1.29 is 9.32 Å². The van der Waals surface area contributed by atoms with Gasteiger partial charge in [0, 0.05) is 43.9 Å². The zero-order valence-corrected chi connectivity index (χ0v) is 15.1. The van der Waals surface area contributed by atoms with Gasteiger partial charge in [0.05, 0.1) is 0 Å². The molecule has 2 fully saturated rings. The van der Waals surface area contributed by atoms with Crippen molar-refractivity contribution >= 4 is 5.91 Å². The molecule has 2 aliphatic rings. The number of rotatable bonds is 5. The molecular formula is C20H26N4O2. The van der Waals surface area contributed by atoms with Crippen LogP contribution < -0.4 is 0 Å². The first-order valence-electron chi connectivity index (χ1n) is 9.78. The lowest BCUT2D eigenvalue weighted by atomic mass is 9.87. The number of likely N-dealkylation sites (tertiary alicyclic amines) is 1. The summed E-state index contributed by atoms with van der Waals surface area (Å²) in [5, 5.41) is 4.11. The molecule has 0 N–H and O–H groups in total. The van der Waals surface area contributed by atoms with Gasteiger partial charge in [-0.1, -0.05) is 24.4 Å². The minimum atomic E-state index is 0.338. The van der Waals surface area contributed by atoms with Gasteiger partial charge in [-0.3, -0.25) is 9.78 Å². The van der Waals surface area contributed by atoms with Crippen LogP contribution >= 0.6 is 0 Å². The number of carbonyl (C=O) groups excluding carboxylic acids is 1. The van der Waals surface area contributed by atoms with E-state index in [1.165, 1.54) is 32.1 Å². The molecule has 6 nitrogen and oxygen atoms in total. The third kappa shape index (κ3) is 4.11. The second kappa shape index (κ2) is 7.98. The molecule has 1 saturated heterocycles. The minimum absolute atomic E-state index is 0.338. The predicted molar refractivity (Wildman–Crippen MR) is 97.1 cm³/mol. The number of aromatic nitrogens is 3. The average molecular weight is 354 g/mol. The lowest BCUT2D eigenvalue weighted by molar-refractivity contribution is -0.131. The summed E-state index contributed by atoms with van der Waals surface area (Å²) in [4.78, 5) is 23.1. The van der Waals surface area contributed by atoms with Gasteiger partial charge in [-0.25, -0.2) is 0 Å². The van der Waals surface area contributed by atoms with Gasteiger partial charge < -0.3 is 9.42 Å². The molecule has 138 valence electrons. The Morgan fingerprint density at radius 3 is 2.73 bits per heavy atom. The van der Waals surface area contributed by atoms with Crippen LogP contribution in [0.25, 0.3) is 11.5 Å². The smallest absolute Gasteiger partial charge is 0.258 e. The molecule has 0 radical (unpaired) electrons. The van der Waals surface area contributed by atoms with Crippen molar-refractivity contribution in [2.75, 3.05) is 13.1 Å². The molecule has 2 aromatic rings. The first-order valence-corrected chi connectivity index (χ1v) is 9.78. The minimum Gasteiger partial charge on any atom is -0.342 e. The van der Waals surface area contributed by atoms with Gasteiger partial charge in [0.15, 0.2) is 5.82 Å². The maximum atomic E-state index is 12.6. The third-order valence-corrected chi connectivity index (χ3v) is 5.69. The highest BCUT2D eigenvalue weighted by molar-refractivity contribution is 5.76. The van der Waals surface area contributed by atoms with Crippen LogP contribution in [0.4, 0.5) is 0 Å². The molecular weight excluding hydrogens is 328 g/mol. The van der Waals surface area contributed by atoms with Crippen molar-refractivity contribution in [3.63, 3.8) is 0 Å². The van der Waals surface area contributed by atoms with E-state index >= 15 is 0 Å². The summed E-state index contributed by atoms with van der Waals surface area (Å²) in [6, 6.07) is 3.72. The third-order valence-electron chi connectivity index (χ3n) is 5.69. The summed E-state index contributed by atoms with van der Waals surface area (Å²) in [7, 11) is 0. The van der Waals surface area contributed by atoms with Crippen LogP contribution in [0, 0.1) is 11.8 Å². The highest BCUT2D eigenvalue weighted by Crippen LogP contribution is 2.28. The van der Waals surface area contributed by atoms with E-state index in [9.17, 15) is 4.79 Å². The molecule has 0 bridgehead atoms. The summed E-state index contributed by atoms with van der Waals surface area (Å²) >= 11 is 0. The van der Waals surface area contributed by atoms with Crippen LogP contribution in [0.1, 0.15) is 50.8 Å². The Bertz CT molecular complexity index is 724. The van der Waals surface area contributed by atoms with E-state index < -0.39 is 0 Å². The second-order valence-corrected chi connectivity index (χ2v) is 7.66. The fourth-order valence-corrected chi connectivity index (χ4v) is 4.20. The zero-order chi connectivity index (χ0) is 17.8. The van der Waals surface area contributed by atoms with Crippen LogP contribution in [0.3, 0.4) is 0 Å². The maximum absolute atomic E-state index is 12.6. The van der Waals surface area contributed by atoms with Gasteiger partial charge in [-0.05, 0) is 43.2 Å². The average Bonchev–Trinajstić information content (AvgIpc) is 3.33. The van der Waals surface area contributed by atoms with E-state index in [0.29, 0.717) is 23.6 Å². The first kappa shape index (κ1) is 17.2. The summed E-state index contributed by atoms with van der Waals surface area (Å²) < 4.78 is 5.37. The number of hydrogen-bond donors (Lipinski definition) is 0. The second-order valence-electron chi connectivity index (χ2n) is 7.66. The van der Waals surface area contributed by atoms with Crippen LogP contribution in [0.2, 0.25) is 0 Å². The molecule has 1 atom stereocenters. The Morgan fingerprint density at radius 1 is 1.12 bits per heavy atom.